The molecule has 0 radical (unpaired) electrons. The number of urea groups is 1. The van der Waals surface area contributed by atoms with Gasteiger partial charge in [-0.2, -0.15) is 0 Å². The summed E-state index contributed by atoms with van der Waals surface area (Å²) < 4.78 is 5.17. The lowest BCUT2D eigenvalue weighted by atomic mass is 9.72. The zero-order valence-corrected chi connectivity index (χ0v) is 16.0. The van der Waals surface area contributed by atoms with Crippen LogP contribution in [-0.2, 0) is 6.61 Å². The minimum absolute atomic E-state index is 0.248. The number of carbonyl (C=O) groups is 1. The van der Waals surface area contributed by atoms with Crippen LogP contribution in [0.15, 0.2) is 36.4 Å². The van der Waals surface area contributed by atoms with Crippen molar-refractivity contribution in [3.63, 3.8) is 0 Å². The fourth-order valence-electron chi connectivity index (χ4n) is 3.70. The second kappa shape index (κ2) is 7.69. The molecule has 0 aliphatic heterocycles. The molecule has 1 saturated carbocycles. The van der Waals surface area contributed by atoms with E-state index in [4.69, 9.17) is 4.74 Å². The summed E-state index contributed by atoms with van der Waals surface area (Å²) in [4.78, 5) is 17.0. The maximum atomic E-state index is 12.7. The van der Waals surface area contributed by atoms with E-state index >= 15 is 0 Å². The molecule has 1 aromatic carbocycles. The lowest BCUT2D eigenvalue weighted by Gasteiger charge is -2.43. The average Bonchev–Trinajstić information content (AvgIpc) is 3.13. The largest absolute Gasteiger partial charge is 0.479 e. The molecule has 9 nitrogen and oxygen atoms in total. The number of benzene rings is 1. The van der Waals surface area contributed by atoms with E-state index in [9.17, 15) is 15.0 Å². The number of methoxy groups -OCH3 is 1. The van der Waals surface area contributed by atoms with Crippen molar-refractivity contribution in [1.82, 2.24) is 20.5 Å². The third-order valence-electron chi connectivity index (χ3n) is 5.34. The van der Waals surface area contributed by atoms with Crippen LogP contribution in [0, 0.1) is 0 Å². The second-order valence-electron chi connectivity index (χ2n) is 7.17. The van der Waals surface area contributed by atoms with Crippen molar-refractivity contribution in [3.05, 3.63) is 47.7 Å². The lowest BCUT2D eigenvalue weighted by Crippen LogP contribution is -2.51. The number of amides is 2. The summed E-state index contributed by atoms with van der Waals surface area (Å²) in [6.45, 7) is -0.337. The minimum atomic E-state index is -0.969. The van der Waals surface area contributed by atoms with Crippen LogP contribution < -0.4 is 15.4 Å². The Morgan fingerprint density at radius 1 is 1.34 bits per heavy atom. The van der Waals surface area contributed by atoms with Gasteiger partial charge in [0.25, 0.3) is 0 Å². The van der Waals surface area contributed by atoms with Gasteiger partial charge in [0.2, 0.25) is 5.88 Å². The Bertz CT molecular complexity index is 1020. The van der Waals surface area contributed by atoms with E-state index in [-0.39, 0.29) is 12.4 Å². The van der Waals surface area contributed by atoms with Crippen molar-refractivity contribution in [2.45, 2.75) is 37.5 Å². The van der Waals surface area contributed by atoms with Crippen LogP contribution in [0.5, 0.6) is 5.88 Å². The number of H-pyrrole nitrogens is 1. The number of hydrogen-bond donors (Lipinski definition) is 5. The van der Waals surface area contributed by atoms with Crippen molar-refractivity contribution < 1.29 is 19.7 Å². The van der Waals surface area contributed by atoms with E-state index in [1.807, 2.05) is 30.3 Å². The zero-order valence-electron chi connectivity index (χ0n) is 16.0. The molecule has 9 heteroatoms. The smallest absolute Gasteiger partial charge is 0.320 e. The second-order valence-corrected chi connectivity index (χ2v) is 7.17. The summed E-state index contributed by atoms with van der Waals surface area (Å²) in [5.41, 5.74) is 0.778. The number of nitrogens with one attached hydrogen (secondary N) is 3. The first-order valence-corrected chi connectivity index (χ1v) is 9.42. The number of aromatic amines is 1. The van der Waals surface area contributed by atoms with Gasteiger partial charge in [0.15, 0.2) is 0 Å². The Balaban J connectivity index is 1.57. The molecule has 2 heterocycles. The van der Waals surface area contributed by atoms with Crippen LogP contribution in [0.25, 0.3) is 10.9 Å². The normalized spacial score (nSPS) is 16.1. The summed E-state index contributed by atoms with van der Waals surface area (Å²) in [5.74, 6) is 0.571. The monoisotopic (exact) mass is 397 g/mol. The third-order valence-corrected chi connectivity index (χ3v) is 5.34. The summed E-state index contributed by atoms with van der Waals surface area (Å²) in [7, 11) is 1.48. The molecule has 3 aromatic rings. The predicted molar refractivity (Wildman–Crippen MR) is 107 cm³/mol. The quantitative estimate of drug-likeness (QED) is 0.433. The van der Waals surface area contributed by atoms with Gasteiger partial charge < -0.3 is 20.3 Å². The van der Waals surface area contributed by atoms with E-state index in [1.165, 1.54) is 7.11 Å². The number of pyridine rings is 1. The van der Waals surface area contributed by atoms with Crippen LogP contribution in [0.4, 0.5) is 10.6 Å². The van der Waals surface area contributed by atoms with Gasteiger partial charge in [0.1, 0.15) is 5.82 Å². The van der Waals surface area contributed by atoms with Crippen LogP contribution in [0.2, 0.25) is 0 Å². The first-order chi connectivity index (χ1) is 14.0. The van der Waals surface area contributed by atoms with Crippen molar-refractivity contribution in [1.29, 1.82) is 0 Å². The molecule has 1 aliphatic rings. The van der Waals surface area contributed by atoms with E-state index in [0.29, 0.717) is 35.3 Å². The average molecular weight is 397 g/mol. The Morgan fingerprint density at radius 3 is 2.72 bits per heavy atom. The Morgan fingerprint density at radius 2 is 2.10 bits per heavy atom. The number of anilines is 1. The number of aliphatic hydroxyl groups is 2. The molecule has 4 rings (SSSR count). The van der Waals surface area contributed by atoms with Gasteiger partial charge in [0, 0.05) is 6.07 Å². The van der Waals surface area contributed by atoms with Gasteiger partial charge in [-0.15, -0.1) is 5.10 Å². The maximum Gasteiger partial charge on any atom is 0.320 e. The number of fused-ring (bicyclic) bond motifs is 1. The third kappa shape index (κ3) is 3.62. The first kappa shape index (κ1) is 19.2. The fourth-order valence-corrected chi connectivity index (χ4v) is 3.70. The predicted octanol–water partition coefficient (Wildman–Crippen LogP) is 2.24. The highest BCUT2D eigenvalue weighted by Gasteiger charge is 2.43. The highest BCUT2D eigenvalue weighted by atomic mass is 16.5. The SMILES string of the molecule is COc1n[nH]c2cc(NC(=O)N[C@H](c3ccccc3)C3(O)CCC3)nc(CO)c12. The van der Waals surface area contributed by atoms with E-state index < -0.39 is 17.7 Å². The van der Waals surface area contributed by atoms with Crippen molar-refractivity contribution in [2.24, 2.45) is 0 Å². The molecule has 1 aliphatic carbocycles. The van der Waals surface area contributed by atoms with Gasteiger partial charge in [-0.25, -0.2) is 9.78 Å². The summed E-state index contributed by atoms with van der Waals surface area (Å²) in [6, 6.07) is 9.97. The Kier molecular flexibility index (Phi) is 5.08. The van der Waals surface area contributed by atoms with E-state index in [0.717, 1.165) is 12.0 Å². The number of rotatable bonds is 6. The molecule has 29 heavy (non-hydrogen) atoms. The van der Waals surface area contributed by atoms with Crippen LogP contribution in [0.3, 0.4) is 0 Å². The standard InChI is InChI=1S/C20H23N5O4/c1-29-18-16-13(24-25-18)10-15(21-14(16)11-26)22-19(27)23-17(20(28)8-5-9-20)12-6-3-2-4-7-12/h2-4,6-7,10,17,26,28H,5,8-9,11H2,1H3,(H,24,25)(H2,21,22,23,27)/t17-/m1/s1. The molecule has 1 atom stereocenters. The topological polar surface area (TPSA) is 132 Å². The maximum absolute atomic E-state index is 12.7. The molecule has 0 spiro atoms. The zero-order chi connectivity index (χ0) is 20.4. The van der Waals surface area contributed by atoms with Crippen LogP contribution >= 0.6 is 0 Å². The van der Waals surface area contributed by atoms with Crippen LogP contribution in [-0.4, -0.2) is 44.1 Å². The molecule has 2 amide bonds. The molecule has 0 saturated heterocycles. The minimum Gasteiger partial charge on any atom is -0.479 e. The molecule has 152 valence electrons. The van der Waals surface area contributed by atoms with Crippen molar-refractivity contribution >= 4 is 22.8 Å². The molecular formula is C20H23N5O4. The lowest BCUT2D eigenvalue weighted by molar-refractivity contribution is -0.0627. The summed E-state index contributed by atoms with van der Waals surface area (Å²) in [6.07, 6.45) is 2.17. The highest BCUT2D eigenvalue weighted by Crippen LogP contribution is 2.42. The fraction of sp³-hybridized carbons (Fsp3) is 0.350. The van der Waals surface area contributed by atoms with Crippen LogP contribution in [0.1, 0.15) is 36.6 Å². The van der Waals surface area contributed by atoms with Crippen molar-refractivity contribution in [3.8, 4) is 5.88 Å². The van der Waals surface area contributed by atoms with Gasteiger partial charge >= 0.3 is 6.03 Å². The van der Waals surface area contributed by atoms with E-state index in [1.54, 1.807) is 6.07 Å². The molecule has 0 unspecified atom stereocenters. The number of aromatic nitrogens is 3. The number of nitrogens with zero attached hydrogens (tertiary/aromatic N) is 2. The van der Waals surface area contributed by atoms with Gasteiger partial charge in [0.05, 0.1) is 42.0 Å². The van der Waals surface area contributed by atoms with Crippen molar-refractivity contribution in [2.75, 3.05) is 12.4 Å². The summed E-state index contributed by atoms with van der Waals surface area (Å²) in [5, 5.41) is 33.5. The molecule has 0 bridgehead atoms. The summed E-state index contributed by atoms with van der Waals surface area (Å²) >= 11 is 0. The van der Waals surface area contributed by atoms with Gasteiger partial charge in [-0.3, -0.25) is 10.4 Å². The Labute approximate surface area is 167 Å². The van der Waals surface area contributed by atoms with E-state index in [2.05, 4.69) is 25.8 Å². The highest BCUT2D eigenvalue weighted by molar-refractivity contribution is 5.93. The number of carbonyl (C=O) groups excluding carboxylic acids is 1. The number of ether oxygens (including phenoxy) is 1. The number of aliphatic hydroxyl groups excluding tert-OH is 1. The molecule has 1 fully saturated rings. The molecule has 5 N–H and O–H groups in total. The molecular weight excluding hydrogens is 374 g/mol. The van der Waals surface area contributed by atoms with Gasteiger partial charge in [-0.05, 0) is 24.8 Å². The number of hydrogen-bond acceptors (Lipinski definition) is 6. The Hall–Kier alpha value is -3.17. The first-order valence-electron chi connectivity index (χ1n) is 9.42. The van der Waals surface area contributed by atoms with Gasteiger partial charge in [-0.1, -0.05) is 30.3 Å². The molecule has 2 aromatic heterocycles.